The summed E-state index contributed by atoms with van der Waals surface area (Å²) in [7, 11) is 1.69. The van der Waals surface area contributed by atoms with Gasteiger partial charge in [0, 0.05) is 17.9 Å². The summed E-state index contributed by atoms with van der Waals surface area (Å²) in [6, 6.07) is 8.08. The molecule has 1 aromatic heterocycles. The lowest BCUT2D eigenvalue weighted by Gasteiger charge is -2.09. The average molecular weight is 303 g/mol. The van der Waals surface area contributed by atoms with Crippen LogP contribution in [0.15, 0.2) is 24.3 Å². The molecule has 4 nitrogen and oxygen atoms in total. The van der Waals surface area contributed by atoms with E-state index < -0.39 is 0 Å². The summed E-state index contributed by atoms with van der Waals surface area (Å²) in [6.07, 6.45) is 5.70. The van der Waals surface area contributed by atoms with Crippen LogP contribution in [0, 0.1) is 0 Å². The van der Waals surface area contributed by atoms with Gasteiger partial charge in [0.05, 0.1) is 18.5 Å². The number of rotatable bonds is 4. The van der Waals surface area contributed by atoms with Crippen LogP contribution in [-0.2, 0) is 12.2 Å². The van der Waals surface area contributed by atoms with E-state index in [1.807, 2.05) is 28.6 Å². The first-order chi connectivity index (χ1) is 10.3. The molecule has 0 bridgehead atoms. The van der Waals surface area contributed by atoms with Crippen molar-refractivity contribution >= 4 is 17.6 Å². The first kappa shape index (κ1) is 14.3. The molecule has 0 aliphatic carbocycles. The minimum Gasteiger partial charge on any atom is -0.497 e. The number of methoxy groups -OCH3 is 1. The highest BCUT2D eigenvalue weighted by molar-refractivity contribution is 7.97. The Kier molecular flexibility index (Phi) is 4.39. The van der Waals surface area contributed by atoms with E-state index in [0.29, 0.717) is 0 Å². The van der Waals surface area contributed by atoms with Crippen LogP contribution in [0.4, 0.5) is 5.82 Å². The number of anilines is 1. The summed E-state index contributed by atoms with van der Waals surface area (Å²) in [5.41, 5.74) is 3.68. The minimum absolute atomic E-state index is 0.870. The van der Waals surface area contributed by atoms with E-state index in [1.165, 1.54) is 29.9 Å². The van der Waals surface area contributed by atoms with Crippen molar-refractivity contribution < 1.29 is 4.74 Å². The van der Waals surface area contributed by atoms with E-state index in [0.717, 1.165) is 30.2 Å². The fraction of sp³-hybridized carbons (Fsp3) is 0.438. The third-order valence-electron chi connectivity index (χ3n) is 3.81. The summed E-state index contributed by atoms with van der Waals surface area (Å²) in [4.78, 5) is 0. The van der Waals surface area contributed by atoms with Crippen molar-refractivity contribution in [2.24, 2.45) is 0 Å². The number of thioether (sulfide) groups is 1. The van der Waals surface area contributed by atoms with Crippen molar-refractivity contribution in [2.45, 2.75) is 25.0 Å². The monoisotopic (exact) mass is 303 g/mol. The molecule has 0 amide bonds. The van der Waals surface area contributed by atoms with Crippen molar-refractivity contribution in [1.29, 1.82) is 0 Å². The normalized spacial score (nSPS) is 14.2. The summed E-state index contributed by atoms with van der Waals surface area (Å²) >= 11 is 1.83. The van der Waals surface area contributed by atoms with Gasteiger partial charge in [0.2, 0.25) is 0 Å². The molecule has 1 aromatic carbocycles. The number of nitrogens with zero attached hydrogens (tertiary/aromatic N) is 2. The molecule has 112 valence electrons. The molecule has 0 radical (unpaired) electrons. The number of ether oxygens (including phenoxy) is 1. The zero-order valence-electron chi connectivity index (χ0n) is 12.6. The van der Waals surface area contributed by atoms with Crippen molar-refractivity contribution in [1.82, 2.24) is 9.78 Å². The van der Waals surface area contributed by atoms with Crippen LogP contribution in [0.1, 0.15) is 24.1 Å². The van der Waals surface area contributed by atoms with Gasteiger partial charge in [-0.1, -0.05) is 0 Å². The lowest BCUT2D eigenvalue weighted by Crippen LogP contribution is -2.07. The second kappa shape index (κ2) is 6.43. The van der Waals surface area contributed by atoms with E-state index in [-0.39, 0.29) is 0 Å². The quantitative estimate of drug-likeness (QED) is 0.938. The second-order valence-electron chi connectivity index (χ2n) is 5.20. The molecule has 2 heterocycles. The molecule has 0 unspecified atom stereocenters. The number of hydrogen-bond donors (Lipinski definition) is 1. The Morgan fingerprint density at radius 1 is 1.29 bits per heavy atom. The van der Waals surface area contributed by atoms with Crippen LogP contribution in [0.3, 0.4) is 0 Å². The minimum atomic E-state index is 0.870. The molecule has 2 aromatic rings. The van der Waals surface area contributed by atoms with Gasteiger partial charge in [-0.15, -0.1) is 0 Å². The van der Waals surface area contributed by atoms with Crippen molar-refractivity contribution in [2.75, 3.05) is 25.2 Å². The fourth-order valence-corrected chi connectivity index (χ4v) is 3.24. The molecule has 21 heavy (non-hydrogen) atoms. The first-order valence-electron chi connectivity index (χ1n) is 7.31. The topological polar surface area (TPSA) is 39.1 Å². The predicted molar refractivity (Wildman–Crippen MR) is 88.8 cm³/mol. The van der Waals surface area contributed by atoms with E-state index in [4.69, 9.17) is 9.84 Å². The van der Waals surface area contributed by atoms with Crippen molar-refractivity contribution in [3.8, 4) is 11.4 Å². The van der Waals surface area contributed by atoms with Crippen LogP contribution < -0.4 is 10.1 Å². The van der Waals surface area contributed by atoms with Gasteiger partial charge in [-0.3, -0.25) is 0 Å². The molecule has 5 heteroatoms. The summed E-state index contributed by atoms with van der Waals surface area (Å²) in [5.74, 6) is 3.00. The Balaban J connectivity index is 2.04. The Morgan fingerprint density at radius 3 is 2.81 bits per heavy atom. The van der Waals surface area contributed by atoms with Crippen LogP contribution >= 0.6 is 11.8 Å². The maximum Gasteiger partial charge on any atom is 0.133 e. The summed E-state index contributed by atoms with van der Waals surface area (Å²) in [5, 5.41) is 8.40. The smallest absolute Gasteiger partial charge is 0.133 e. The fourth-order valence-electron chi connectivity index (χ4n) is 2.74. The Labute approximate surface area is 129 Å². The molecule has 1 N–H and O–H groups in total. The molecule has 0 atom stereocenters. The molecular weight excluding hydrogens is 282 g/mol. The number of fused-ring (bicyclic) bond motifs is 1. The Bertz CT molecular complexity index is 607. The molecule has 0 fully saturated rings. The first-order valence-corrected chi connectivity index (χ1v) is 8.71. The van der Waals surface area contributed by atoms with Crippen LogP contribution in [-0.4, -0.2) is 29.7 Å². The average Bonchev–Trinajstić information content (AvgIpc) is 2.71. The van der Waals surface area contributed by atoms with Gasteiger partial charge >= 0.3 is 0 Å². The number of benzene rings is 1. The Hall–Kier alpha value is -1.62. The lowest BCUT2D eigenvalue weighted by atomic mass is 10.1. The largest absolute Gasteiger partial charge is 0.497 e. The standard InChI is InChI=1S/C16H21N3OS/c1-20-13-8-6-12(7-9-13)19-16-14(5-3-4-10-17-16)15(18-19)11-21-2/h6-9,17H,3-5,10-11H2,1-2H3. The highest BCUT2D eigenvalue weighted by Crippen LogP contribution is 2.30. The highest BCUT2D eigenvalue weighted by Gasteiger charge is 2.20. The zero-order chi connectivity index (χ0) is 14.7. The molecule has 3 rings (SSSR count). The zero-order valence-corrected chi connectivity index (χ0v) is 13.4. The molecule has 0 saturated carbocycles. The van der Waals surface area contributed by atoms with E-state index in [1.54, 1.807) is 7.11 Å². The maximum absolute atomic E-state index is 5.23. The number of aromatic nitrogens is 2. The predicted octanol–water partition coefficient (Wildman–Crippen LogP) is 3.49. The van der Waals surface area contributed by atoms with Crippen LogP contribution in [0.25, 0.3) is 5.69 Å². The number of hydrogen-bond acceptors (Lipinski definition) is 4. The van der Waals surface area contributed by atoms with Crippen molar-refractivity contribution in [3.63, 3.8) is 0 Å². The van der Waals surface area contributed by atoms with Gasteiger partial charge in [0.1, 0.15) is 11.6 Å². The van der Waals surface area contributed by atoms with Gasteiger partial charge in [0.15, 0.2) is 0 Å². The number of nitrogens with one attached hydrogen (secondary N) is 1. The Morgan fingerprint density at radius 2 is 2.10 bits per heavy atom. The van der Waals surface area contributed by atoms with Crippen molar-refractivity contribution in [3.05, 3.63) is 35.5 Å². The van der Waals surface area contributed by atoms with Gasteiger partial charge in [-0.05, 0) is 49.8 Å². The maximum atomic E-state index is 5.23. The second-order valence-corrected chi connectivity index (χ2v) is 6.07. The molecule has 1 aliphatic heterocycles. The highest BCUT2D eigenvalue weighted by atomic mass is 32.2. The summed E-state index contributed by atoms with van der Waals surface area (Å²) in [6.45, 7) is 1.02. The van der Waals surface area contributed by atoms with Gasteiger partial charge in [0.25, 0.3) is 0 Å². The van der Waals surface area contributed by atoms with Crippen LogP contribution in [0.5, 0.6) is 5.75 Å². The third-order valence-corrected chi connectivity index (χ3v) is 4.37. The molecule has 0 saturated heterocycles. The van der Waals surface area contributed by atoms with E-state index in [2.05, 4.69) is 23.7 Å². The molecule has 1 aliphatic rings. The van der Waals surface area contributed by atoms with E-state index >= 15 is 0 Å². The summed E-state index contributed by atoms with van der Waals surface area (Å²) < 4.78 is 7.28. The third kappa shape index (κ3) is 2.88. The SMILES string of the molecule is COc1ccc(-n2nc(CSC)c3c2NCCCC3)cc1. The lowest BCUT2D eigenvalue weighted by molar-refractivity contribution is 0.414. The van der Waals surface area contributed by atoms with Gasteiger partial charge < -0.3 is 10.1 Å². The van der Waals surface area contributed by atoms with Crippen LogP contribution in [0.2, 0.25) is 0 Å². The van der Waals surface area contributed by atoms with E-state index in [9.17, 15) is 0 Å². The molecular formula is C16H21N3OS. The van der Waals surface area contributed by atoms with Gasteiger partial charge in [-0.2, -0.15) is 16.9 Å². The van der Waals surface area contributed by atoms with Gasteiger partial charge in [-0.25, -0.2) is 4.68 Å². The molecule has 0 spiro atoms.